The molecule has 1 saturated heterocycles. The summed E-state index contributed by atoms with van der Waals surface area (Å²) < 4.78 is 16.4. The molecule has 0 bridgehead atoms. The van der Waals surface area contributed by atoms with Gasteiger partial charge in [0.25, 0.3) is 0 Å². The summed E-state index contributed by atoms with van der Waals surface area (Å²) in [7, 11) is 0. The van der Waals surface area contributed by atoms with Crippen molar-refractivity contribution in [2.45, 2.75) is 30.7 Å². The number of rotatable bonds is 4. The third-order valence-corrected chi connectivity index (χ3v) is 5.29. The predicted octanol–water partition coefficient (Wildman–Crippen LogP) is -0.0648. The van der Waals surface area contributed by atoms with Gasteiger partial charge in [-0.2, -0.15) is 0 Å². The minimum Gasteiger partial charge on any atom is -0.508 e. The average molecular weight is 446 g/mol. The van der Waals surface area contributed by atoms with E-state index in [1.807, 2.05) is 0 Å². The number of benzene rings is 2. The highest BCUT2D eigenvalue weighted by molar-refractivity contribution is 6.15. The van der Waals surface area contributed by atoms with E-state index in [0.29, 0.717) is 11.1 Å². The lowest BCUT2D eigenvalue weighted by Crippen LogP contribution is -2.60. The van der Waals surface area contributed by atoms with E-state index in [9.17, 15) is 35.4 Å². The van der Waals surface area contributed by atoms with Crippen LogP contribution in [-0.4, -0.2) is 80.3 Å². The smallest absolute Gasteiger partial charge is 0.229 e. The number of ether oxygens (including phenoxy) is 3. The van der Waals surface area contributed by atoms with Crippen LogP contribution >= 0.6 is 0 Å². The van der Waals surface area contributed by atoms with Crippen molar-refractivity contribution in [3.63, 3.8) is 0 Å². The number of ketones is 1. The Balaban J connectivity index is 1.56. The Hall–Kier alpha value is -3.15. The molecule has 1 fully saturated rings. The van der Waals surface area contributed by atoms with Crippen molar-refractivity contribution >= 4 is 11.9 Å². The lowest BCUT2D eigenvalue weighted by molar-refractivity contribution is -0.277. The van der Waals surface area contributed by atoms with Gasteiger partial charge in [-0.25, -0.2) is 0 Å². The van der Waals surface area contributed by atoms with Gasteiger partial charge in [-0.05, 0) is 23.8 Å². The molecule has 0 unspecified atom stereocenters. The van der Waals surface area contributed by atoms with Crippen LogP contribution < -0.4 is 9.47 Å². The first kappa shape index (κ1) is 22.1. The second kappa shape index (κ2) is 8.77. The van der Waals surface area contributed by atoms with Crippen LogP contribution in [0.2, 0.25) is 0 Å². The summed E-state index contributed by atoms with van der Waals surface area (Å²) in [6.07, 6.45) is -5.81. The second-order valence-corrected chi connectivity index (χ2v) is 7.51. The van der Waals surface area contributed by atoms with Gasteiger partial charge in [0.2, 0.25) is 6.29 Å². The molecule has 2 aromatic rings. The van der Waals surface area contributed by atoms with Gasteiger partial charge in [-0.3, -0.25) is 4.79 Å². The number of Topliss-reactive ketones (excluding diaryl/α,β-unsaturated/α-hetero) is 1. The molecule has 0 saturated carbocycles. The molecule has 2 aliphatic rings. The fourth-order valence-corrected chi connectivity index (χ4v) is 3.55. The van der Waals surface area contributed by atoms with E-state index in [0.717, 1.165) is 6.07 Å². The van der Waals surface area contributed by atoms with Crippen molar-refractivity contribution in [1.29, 1.82) is 0 Å². The molecule has 10 heteroatoms. The molecule has 4 rings (SSSR count). The van der Waals surface area contributed by atoms with Gasteiger partial charge in [-0.1, -0.05) is 12.1 Å². The van der Waals surface area contributed by atoms with E-state index in [4.69, 9.17) is 14.2 Å². The third-order valence-electron chi connectivity index (χ3n) is 5.29. The first-order valence-electron chi connectivity index (χ1n) is 9.79. The maximum atomic E-state index is 12.9. The molecule has 32 heavy (non-hydrogen) atoms. The minimum atomic E-state index is -1.63. The normalized spacial score (nSPS) is 28.8. The first-order chi connectivity index (χ1) is 15.3. The van der Waals surface area contributed by atoms with Crippen molar-refractivity contribution in [3.05, 3.63) is 53.1 Å². The van der Waals surface area contributed by atoms with Gasteiger partial charge < -0.3 is 44.8 Å². The fraction of sp³-hybridized carbons (Fsp3) is 0.318. The van der Waals surface area contributed by atoms with Gasteiger partial charge >= 0.3 is 0 Å². The van der Waals surface area contributed by atoms with Crippen molar-refractivity contribution in [3.8, 4) is 23.0 Å². The molecule has 2 aliphatic heterocycles. The molecule has 2 heterocycles. The van der Waals surface area contributed by atoms with Gasteiger partial charge in [0, 0.05) is 17.7 Å². The largest absolute Gasteiger partial charge is 0.508 e. The van der Waals surface area contributed by atoms with Gasteiger partial charge in [-0.15, -0.1) is 0 Å². The lowest BCUT2D eigenvalue weighted by atomic mass is 9.97. The van der Waals surface area contributed by atoms with Gasteiger partial charge in [0.15, 0.2) is 5.78 Å². The molecule has 170 valence electrons. The van der Waals surface area contributed by atoms with E-state index >= 15 is 0 Å². The number of hydrogen-bond acceptors (Lipinski definition) is 10. The topological polar surface area (TPSA) is 166 Å². The van der Waals surface area contributed by atoms with Gasteiger partial charge in [0.05, 0.1) is 6.61 Å². The number of fused-ring (bicyclic) bond motifs is 1. The minimum absolute atomic E-state index is 0.0238. The number of hydrogen-bond donors (Lipinski definition) is 6. The Morgan fingerprint density at radius 2 is 1.75 bits per heavy atom. The molecule has 0 spiro atoms. The first-order valence-corrected chi connectivity index (χ1v) is 9.79. The van der Waals surface area contributed by atoms with Crippen molar-refractivity contribution in [2.75, 3.05) is 13.2 Å². The quantitative estimate of drug-likeness (QED) is 0.350. The third kappa shape index (κ3) is 4.14. The second-order valence-electron chi connectivity index (χ2n) is 7.51. The van der Waals surface area contributed by atoms with E-state index in [1.165, 1.54) is 18.2 Å². The van der Waals surface area contributed by atoms with E-state index in [2.05, 4.69) is 0 Å². The van der Waals surface area contributed by atoms with E-state index < -0.39 is 48.8 Å². The molecular formula is C22H22O10. The number of aliphatic hydroxyl groups excluding tert-OH is 4. The van der Waals surface area contributed by atoms with E-state index in [-0.39, 0.29) is 29.4 Å². The molecule has 0 aliphatic carbocycles. The Morgan fingerprint density at radius 1 is 1.03 bits per heavy atom. The summed E-state index contributed by atoms with van der Waals surface area (Å²) >= 11 is 0. The highest BCUT2D eigenvalue weighted by Gasteiger charge is 2.45. The van der Waals surface area contributed by atoms with Crippen LogP contribution in [0, 0.1) is 0 Å². The zero-order valence-electron chi connectivity index (χ0n) is 16.7. The molecule has 0 aromatic heterocycles. The molecule has 0 radical (unpaired) electrons. The van der Waals surface area contributed by atoms with Crippen molar-refractivity contribution in [2.24, 2.45) is 0 Å². The summed E-state index contributed by atoms with van der Waals surface area (Å²) in [6, 6.07) is 8.67. The lowest BCUT2D eigenvalue weighted by Gasteiger charge is -2.39. The zero-order valence-corrected chi connectivity index (χ0v) is 16.7. The average Bonchev–Trinajstić information content (AvgIpc) is 2.77. The summed E-state index contributed by atoms with van der Waals surface area (Å²) in [5.74, 6) is -0.755. The molecule has 2 aromatic carbocycles. The number of phenols is 2. The maximum absolute atomic E-state index is 12.9. The SMILES string of the molecule is O=C1C(=Cc2ccc(O)cc2)COc2cc(O[C@H]3O[C@H](CO)[C@@H](O)[C@H](O)[C@H]3O)cc(O)c21. The summed E-state index contributed by atoms with van der Waals surface area (Å²) in [6.45, 7) is -0.691. The van der Waals surface area contributed by atoms with Crippen LogP contribution in [0.3, 0.4) is 0 Å². The van der Waals surface area contributed by atoms with Crippen LogP contribution in [-0.2, 0) is 4.74 Å². The van der Waals surface area contributed by atoms with Crippen molar-refractivity contribution in [1.82, 2.24) is 0 Å². The number of carbonyl (C=O) groups is 1. The van der Waals surface area contributed by atoms with Crippen LogP contribution in [0.5, 0.6) is 23.0 Å². The molecule has 6 N–H and O–H groups in total. The van der Waals surface area contributed by atoms with Crippen LogP contribution in [0.1, 0.15) is 15.9 Å². The Kier molecular flexibility index (Phi) is 6.04. The van der Waals surface area contributed by atoms with Crippen LogP contribution in [0.4, 0.5) is 0 Å². The predicted molar refractivity (Wildman–Crippen MR) is 108 cm³/mol. The number of aliphatic hydroxyl groups is 4. The Labute approximate surface area is 182 Å². The van der Waals surface area contributed by atoms with Crippen LogP contribution in [0.15, 0.2) is 42.0 Å². The molecule has 0 amide bonds. The monoisotopic (exact) mass is 446 g/mol. The maximum Gasteiger partial charge on any atom is 0.229 e. The van der Waals surface area contributed by atoms with E-state index in [1.54, 1.807) is 18.2 Å². The highest BCUT2D eigenvalue weighted by atomic mass is 16.7. The van der Waals surface area contributed by atoms with Crippen molar-refractivity contribution < 1.29 is 49.6 Å². The van der Waals surface area contributed by atoms with Crippen LogP contribution in [0.25, 0.3) is 6.08 Å². The standard InChI is InChI=1S/C22H22O10/c23-8-16-19(27)20(28)21(29)22(32-16)31-13-6-14(25)17-15(7-13)30-9-11(18(17)26)5-10-1-3-12(24)4-2-10/h1-7,16,19-25,27-29H,8-9H2/t16-,19-,20+,21-,22+/m1/s1. The molecular weight excluding hydrogens is 424 g/mol. The fourth-order valence-electron chi connectivity index (χ4n) is 3.55. The summed E-state index contributed by atoms with van der Waals surface area (Å²) in [5.41, 5.74) is 0.892. The Bertz CT molecular complexity index is 1030. The Morgan fingerprint density at radius 3 is 2.44 bits per heavy atom. The molecule has 5 atom stereocenters. The molecule has 10 nitrogen and oxygen atoms in total. The number of carbonyl (C=O) groups excluding carboxylic acids is 1. The van der Waals surface area contributed by atoms with Gasteiger partial charge in [0.1, 0.15) is 59.6 Å². The zero-order chi connectivity index (χ0) is 23.0. The number of phenolic OH excluding ortho intramolecular Hbond substituents is 2. The highest BCUT2D eigenvalue weighted by Crippen LogP contribution is 2.39. The number of aromatic hydroxyl groups is 2. The summed E-state index contributed by atoms with van der Waals surface area (Å²) in [4.78, 5) is 12.9. The summed E-state index contributed by atoms with van der Waals surface area (Å²) in [5, 5.41) is 58.9.